The van der Waals surface area contributed by atoms with Crippen molar-refractivity contribution in [2.75, 3.05) is 5.32 Å². The minimum Gasteiger partial charge on any atom is -0.298 e. The number of carbonyl (C=O) groups is 1. The molecule has 0 saturated heterocycles. The molecule has 6 heteroatoms. The Bertz CT molecular complexity index is 742. The highest BCUT2D eigenvalue weighted by molar-refractivity contribution is 7.22. The molecule has 1 N–H and O–H groups in total. The largest absolute Gasteiger partial charge is 0.298 e. The molecule has 0 fully saturated rings. The fourth-order valence-electron chi connectivity index (χ4n) is 1.62. The van der Waals surface area contributed by atoms with Crippen molar-refractivity contribution in [3.05, 3.63) is 54.1 Å². The molecule has 0 aliphatic carbocycles. The summed E-state index contributed by atoms with van der Waals surface area (Å²) >= 11 is 1.23. The van der Waals surface area contributed by atoms with E-state index < -0.39 is 0 Å². The molecule has 0 aliphatic heterocycles. The highest BCUT2D eigenvalue weighted by Gasteiger charge is 2.10. The van der Waals surface area contributed by atoms with Gasteiger partial charge in [0.05, 0.1) is 15.8 Å². The molecule has 0 spiro atoms. The SMILES string of the molecule is O=C(Nc1nc2ccc(F)cc2s1)c1cccnc1. The van der Waals surface area contributed by atoms with Crippen LogP contribution in [0.15, 0.2) is 42.7 Å². The molecule has 1 amide bonds. The summed E-state index contributed by atoms with van der Waals surface area (Å²) in [6, 6.07) is 7.67. The number of nitrogens with one attached hydrogen (secondary N) is 1. The molecule has 94 valence electrons. The van der Waals surface area contributed by atoms with Gasteiger partial charge in [0.25, 0.3) is 5.91 Å². The van der Waals surface area contributed by atoms with Crippen LogP contribution in [0, 0.1) is 5.82 Å². The van der Waals surface area contributed by atoms with Gasteiger partial charge in [0.1, 0.15) is 5.82 Å². The lowest BCUT2D eigenvalue weighted by molar-refractivity contribution is 0.102. The van der Waals surface area contributed by atoms with E-state index >= 15 is 0 Å². The van der Waals surface area contributed by atoms with E-state index in [0.717, 1.165) is 0 Å². The molecule has 3 aromatic rings. The molecule has 3 rings (SSSR count). The number of pyridine rings is 1. The van der Waals surface area contributed by atoms with Crippen molar-refractivity contribution in [1.29, 1.82) is 0 Å². The van der Waals surface area contributed by atoms with Crippen molar-refractivity contribution in [3.8, 4) is 0 Å². The predicted octanol–water partition coefficient (Wildman–Crippen LogP) is 3.08. The Morgan fingerprint density at radius 3 is 3.00 bits per heavy atom. The zero-order chi connectivity index (χ0) is 13.2. The van der Waals surface area contributed by atoms with E-state index in [4.69, 9.17) is 0 Å². The normalized spacial score (nSPS) is 10.6. The lowest BCUT2D eigenvalue weighted by Gasteiger charge is -1.99. The Labute approximate surface area is 111 Å². The highest BCUT2D eigenvalue weighted by Crippen LogP contribution is 2.26. The first-order chi connectivity index (χ1) is 9.22. The molecule has 0 saturated carbocycles. The van der Waals surface area contributed by atoms with Crippen LogP contribution in [0.5, 0.6) is 0 Å². The fraction of sp³-hybridized carbons (Fsp3) is 0. The fourth-order valence-corrected chi connectivity index (χ4v) is 2.50. The molecule has 0 unspecified atom stereocenters. The number of rotatable bonds is 2. The minimum atomic E-state index is -0.318. The van der Waals surface area contributed by atoms with E-state index in [1.54, 1.807) is 24.4 Å². The molecule has 4 nitrogen and oxygen atoms in total. The van der Waals surface area contributed by atoms with Crippen molar-refractivity contribution in [2.45, 2.75) is 0 Å². The third kappa shape index (κ3) is 2.43. The smallest absolute Gasteiger partial charge is 0.259 e. The van der Waals surface area contributed by atoms with Crippen molar-refractivity contribution < 1.29 is 9.18 Å². The van der Waals surface area contributed by atoms with Gasteiger partial charge < -0.3 is 0 Å². The zero-order valence-corrected chi connectivity index (χ0v) is 10.4. The number of halogens is 1. The number of aromatic nitrogens is 2. The van der Waals surface area contributed by atoms with Gasteiger partial charge in [-0.2, -0.15) is 0 Å². The number of nitrogens with zero attached hydrogens (tertiary/aromatic N) is 2. The molecule has 0 bridgehead atoms. The molecule has 0 radical (unpaired) electrons. The van der Waals surface area contributed by atoms with Gasteiger partial charge in [-0.25, -0.2) is 9.37 Å². The molecule has 1 aromatic carbocycles. The third-order valence-corrected chi connectivity index (χ3v) is 3.43. The lowest BCUT2D eigenvalue weighted by Crippen LogP contribution is -2.11. The highest BCUT2D eigenvalue weighted by atomic mass is 32.1. The number of hydrogen-bond donors (Lipinski definition) is 1. The summed E-state index contributed by atoms with van der Waals surface area (Å²) in [5.41, 5.74) is 1.11. The van der Waals surface area contributed by atoms with Gasteiger partial charge in [-0.3, -0.25) is 15.1 Å². The van der Waals surface area contributed by atoms with Gasteiger partial charge in [-0.1, -0.05) is 11.3 Å². The molecule has 2 heterocycles. The van der Waals surface area contributed by atoms with Crippen LogP contribution in [-0.4, -0.2) is 15.9 Å². The first-order valence-electron chi connectivity index (χ1n) is 5.50. The van der Waals surface area contributed by atoms with Gasteiger partial charge >= 0.3 is 0 Å². The quantitative estimate of drug-likeness (QED) is 0.780. The van der Waals surface area contributed by atoms with Gasteiger partial charge in [-0.15, -0.1) is 0 Å². The summed E-state index contributed by atoms with van der Waals surface area (Å²) in [5, 5.41) is 3.11. The maximum Gasteiger partial charge on any atom is 0.259 e. The van der Waals surface area contributed by atoms with Crippen LogP contribution < -0.4 is 5.32 Å². The van der Waals surface area contributed by atoms with Gasteiger partial charge in [-0.05, 0) is 30.3 Å². The van der Waals surface area contributed by atoms with E-state index in [2.05, 4.69) is 15.3 Å². The molecule has 2 aromatic heterocycles. The molecule has 0 aliphatic rings. The van der Waals surface area contributed by atoms with Crippen molar-refractivity contribution in [2.24, 2.45) is 0 Å². The molecular weight excluding hydrogens is 265 g/mol. The number of amides is 1. The Hall–Kier alpha value is -2.34. The topological polar surface area (TPSA) is 54.9 Å². The van der Waals surface area contributed by atoms with Crippen molar-refractivity contribution in [1.82, 2.24) is 9.97 Å². The predicted molar refractivity (Wildman–Crippen MR) is 71.8 cm³/mol. The van der Waals surface area contributed by atoms with Crippen LogP contribution >= 0.6 is 11.3 Å². The number of hydrogen-bond acceptors (Lipinski definition) is 4. The number of carbonyl (C=O) groups excluding carboxylic acids is 1. The zero-order valence-electron chi connectivity index (χ0n) is 9.63. The average Bonchev–Trinajstić information content (AvgIpc) is 2.81. The number of thiazole rings is 1. The van der Waals surface area contributed by atoms with Crippen LogP contribution in [0.25, 0.3) is 10.2 Å². The number of anilines is 1. The van der Waals surface area contributed by atoms with Crippen LogP contribution in [0.3, 0.4) is 0 Å². The van der Waals surface area contributed by atoms with Crippen LogP contribution in [-0.2, 0) is 0 Å². The maximum atomic E-state index is 13.1. The van der Waals surface area contributed by atoms with Crippen LogP contribution in [0.4, 0.5) is 9.52 Å². The second kappa shape index (κ2) is 4.74. The van der Waals surface area contributed by atoms with Crippen LogP contribution in [0.2, 0.25) is 0 Å². The second-order valence-electron chi connectivity index (χ2n) is 3.83. The van der Waals surface area contributed by atoms with E-state index in [9.17, 15) is 9.18 Å². The molecular formula is C13H8FN3OS. The molecule has 19 heavy (non-hydrogen) atoms. The molecule has 0 atom stereocenters. The average molecular weight is 273 g/mol. The Kier molecular flexibility index (Phi) is 2.92. The number of benzene rings is 1. The lowest BCUT2D eigenvalue weighted by atomic mass is 10.3. The van der Waals surface area contributed by atoms with E-state index in [1.807, 2.05) is 0 Å². The summed E-state index contributed by atoms with van der Waals surface area (Å²) in [7, 11) is 0. The maximum absolute atomic E-state index is 13.1. The summed E-state index contributed by atoms with van der Waals surface area (Å²) in [6.07, 6.45) is 3.07. The number of fused-ring (bicyclic) bond motifs is 1. The monoisotopic (exact) mass is 273 g/mol. The summed E-state index contributed by atoms with van der Waals surface area (Å²) in [6.45, 7) is 0. The standard InChI is InChI=1S/C13H8FN3OS/c14-9-3-4-10-11(6-9)19-13(16-10)17-12(18)8-2-1-5-15-7-8/h1-7H,(H,16,17,18). The Balaban J connectivity index is 1.87. The summed E-state index contributed by atoms with van der Waals surface area (Å²) in [4.78, 5) is 20.0. The Morgan fingerprint density at radius 2 is 2.21 bits per heavy atom. The van der Waals surface area contributed by atoms with Crippen LogP contribution in [0.1, 0.15) is 10.4 Å². The minimum absolute atomic E-state index is 0.285. The van der Waals surface area contributed by atoms with Crippen molar-refractivity contribution >= 4 is 32.6 Å². The van der Waals surface area contributed by atoms with Gasteiger partial charge in [0.15, 0.2) is 5.13 Å². The first-order valence-corrected chi connectivity index (χ1v) is 6.31. The summed E-state index contributed by atoms with van der Waals surface area (Å²) in [5.74, 6) is -0.603. The van der Waals surface area contributed by atoms with Gasteiger partial charge in [0, 0.05) is 12.4 Å². The Morgan fingerprint density at radius 1 is 1.32 bits per heavy atom. The van der Waals surface area contributed by atoms with Gasteiger partial charge in [0.2, 0.25) is 0 Å². The van der Waals surface area contributed by atoms with E-state index in [-0.39, 0.29) is 11.7 Å². The second-order valence-corrected chi connectivity index (χ2v) is 4.86. The van der Waals surface area contributed by atoms with E-state index in [1.165, 1.54) is 29.7 Å². The van der Waals surface area contributed by atoms with Crippen molar-refractivity contribution in [3.63, 3.8) is 0 Å². The third-order valence-electron chi connectivity index (χ3n) is 2.49. The van der Waals surface area contributed by atoms with E-state index in [0.29, 0.717) is 20.9 Å². The summed E-state index contributed by atoms with van der Waals surface area (Å²) < 4.78 is 13.8. The first kappa shape index (κ1) is 11.7.